The zero-order chi connectivity index (χ0) is 21.7. The lowest BCUT2D eigenvalue weighted by atomic mass is 10.0. The number of piperidine rings is 1. The van der Waals surface area contributed by atoms with Gasteiger partial charge in [-0.1, -0.05) is 29.3 Å². The summed E-state index contributed by atoms with van der Waals surface area (Å²) in [5.74, 6) is -0.801. The summed E-state index contributed by atoms with van der Waals surface area (Å²) in [5.41, 5.74) is 0.815. The van der Waals surface area contributed by atoms with Crippen LogP contribution in [0.15, 0.2) is 42.7 Å². The number of carbonyl (C=O) groups is 3. The highest BCUT2D eigenvalue weighted by atomic mass is 35.5. The average Bonchev–Trinajstić information content (AvgIpc) is 2.76. The summed E-state index contributed by atoms with van der Waals surface area (Å²) >= 11 is 12.0. The van der Waals surface area contributed by atoms with Crippen LogP contribution in [0.3, 0.4) is 0 Å². The largest absolute Gasteiger partial charge is 0.351 e. The van der Waals surface area contributed by atoms with E-state index in [2.05, 4.69) is 15.6 Å². The van der Waals surface area contributed by atoms with E-state index in [1.54, 1.807) is 54.5 Å². The number of hydrogen-bond donors (Lipinski definition) is 2. The van der Waals surface area contributed by atoms with Crippen molar-refractivity contribution in [3.8, 4) is 0 Å². The summed E-state index contributed by atoms with van der Waals surface area (Å²) in [6.45, 7) is 2.70. The molecule has 0 saturated carbocycles. The van der Waals surface area contributed by atoms with Gasteiger partial charge < -0.3 is 15.5 Å². The van der Waals surface area contributed by atoms with Gasteiger partial charge in [-0.3, -0.25) is 19.4 Å². The first-order valence-corrected chi connectivity index (χ1v) is 10.4. The lowest BCUT2D eigenvalue weighted by Crippen LogP contribution is -2.51. The average molecular weight is 449 g/mol. The van der Waals surface area contributed by atoms with E-state index in [9.17, 15) is 14.4 Å². The molecule has 1 aromatic carbocycles. The highest BCUT2D eigenvalue weighted by Gasteiger charge is 2.26. The molecule has 30 heavy (non-hydrogen) atoms. The monoisotopic (exact) mass is 448 g/mol. The molecule has 1 fully saturated rings. The molecule has 0 aliphatic carbocycles. The SMILES string of the molecule is CC(NC(=O)c1cccc(Cl)c1Cl)C(=O)NC1CCN(C(=O)c2ccncc2)CC1. The number of aromatic nitrogens is 1. The summed E-state index contributed by atoms with van der Waals surface area (Å²) in [4.78, 5) is 43.1. The van der Waals surface area contributed by atoms with Crippen molar-refractivity contribution in [2.24, 2.45) is 0 Å². The maximum atomic E-state index is 12.5. The first-order valence-electron chi connectivity index (χ1n) is 9.61. The van der Waals surface area contributed by atoms with Crippen LogP contribution in [0.25, 0.3) is 0 Å². The molecule has 0 spiro atoms. The molecule has 7 nitrogen and oxygen atoms in total. The topological polar surface area (TPSA) is 91.4 Å². The Labute approximate surface area is 184 Å². The number of nitrogens with one attached hydrogen (secondary N) is 2. The number of nitrogens with zero attached hydrogens (tertiary/aromatic N) is 2. The van der Waals surface area contributed by atoms with E-state index in [-0.39, 0.29) is 33.5 Å². The third-order valence-electron chi connectivity index (χ3n) is 4.99. The fraction of sp³-hybridized carbons (Fsp3) is 0.333. The molecule has 0 radical (unpaired) electrons. The fourth-order valence-corrected chi connectivity index (χ4v) is 3.64. The third kappa shape index (κ3) is 5.29. The second-order valence-corrected chi connectivity index (χ2v) is 7.89. The van der Waals surface area contributed by atoms with Gasteiger partial charge in [0, 0.05) is 37.1 Å². The maximum Gasteiger partial charge on any atom is 0.253 e. The minimum absolute atomic E-state index is 0.0405. The zero-order valence-electron chi connectivity index (χ0n) is 16.4. The first kappa shape index (κ1) is 22.1. The second-order valence-electron chi connectivity index (χ2n) is 7.11. The van der Waals surface area contributed by atoms with Crippen molar-refractivity contribution in [1.29, 1.82) is 0 Å². The predicted octanol–water partition coefficient (Wildman–Crippen LogP) is 2.93. The number of benzene rings is 1. The fourth-order valence-electron chi connectivity index (χ4n) is 3.25. The van der Waals surface area contributed by atoms with Crippen molar-refractivity contribution < 1.29 is 14.4 Å². The molecule has 1 unspecified atom stereocenters. The number of carbonyl (C=O) groups excluding carboxylic acids is 3. The molecule has 0 bridgehead atoms. The Morgan fingerprint density at radius 2 is 1.77 bits per heavy atom. The minimum Gasteiger partial charge on any atom is -0.351 e. The van der Waals surface area contributed by atoms with Crippen LogP contribution < -0.4 is 10.6 Å². The Kier molecular flexibility index (Phi) is 7.29. The molecule has 2 aromatic rings. The molecule has 1 aliphatic heterocycles. The van der Waals surface area contributed by atoms with Crippen LogP contribution in [0.5, 0.6) is 0 Å². The highest BCUT2D eigenvalue weighted by molar-refractivity contribution is 6.43. The standard InChI is InChI=1S/C21H22Cl2N4O3/c1-13(25-20(29)16-3-2-4-17(22)18(16)23)19(28)26-15-7-11-27(12-8-15)21(30)14-5-9-24-10-6-14/h2-6,9-10,13,15H,7-8,11-12H2,1H3,(H,25,29)(H,26,28). The van der Waals surface area contributed by atoms with Gasteiger partial charge in [-0.05, 0) is 44.0 Å². The van der Waals surface area contributed by atoms with Crippen LogP contribution >= 0.6 is 23.2 Å². The van der Waals surface area contributed by atoms with Crippen molar-refractivity contribution in [3.63, 3.8) is 0 Å². The van der Waals surface area contributed by atoms with E-state index < -0.39 is 11.9 Å². The highest BCUT2D eigenvalue weighted by Crippen LogP contribution is 2.25. The smallest absolute Gasteiger partial charge is 0.253 e. The molecule has 1 saturated heterocycles. The van der Waals surface area contributed by atoms with Crippen LogP contribution in [-0.2, 0) is 4.79 Å². The summed E-state index contributed by atoms with van der Waals surface area (Å²) in [6.07, 6.45) is 4.46. The van der Waals surface area contributed by atoms with Crippen LogP contribution in [0.1, 0.15) is 40.5 Å². The Bertz CT molecular complexity index is 931. The van der Waals surface area contributed by atoms with Gasteiger partial charge >= 0.3 is 0 Å². The van der Waals surface area contributed by atoms with Crippen molar-refractivity contribution >= 4 is 40.9 Å². The van der Waals surface area contributed by atoms with E-state index >= 15 is 0 Å². The van der Waals surface area contributed by atoms with E-state index in [1.807, 2.05) is 0 Å². The van der Waals surface area contributed by atoms with Gasteiger partial charge in [0.1, 0.15) is 6.04 Å². The number of pyridine rings is 1. The van der Waals surface area contributed by atoms with Crippen LogP contribution in [-0.4, -0.2) is 52.8 Å². The molecule has 3 amide bonds. The van der Waals surface area contributed by atoms with Gasteiger partial charge in [0.15, 0.2) is 0 Å². The maximum absolute atomic E-state index is 12.5. The van der Waals surface area contributed by atoms with Crippen LogP contribution in [0.4, 0.5) is 0 Å². The Morgan fingerprint density at radius 1 is 1.10 bits per heavy atom. The lowest BCUT2D eigenvalue weighted by Gasteiger charge is -2.33. The van der Waals surface area contributed by atoms with Gasteiger partial charge in [-0.15, -0.1) is 0 Å². The quantitative estimate of drug-likeness (QED) is 0.735. The molecule has 158 valence electrons. The van der Waals surface area contributed by atoms with Gasteiger partial charge in [-0.25, -0.2) is 0 Å². The normalized spacial score (nSPS) is 15.4. The molecular weight excluding hydrogens is 427 g/mol. The van der Waals surface area contributed by atoms with Gasteiger partial charge in [0.05, 0.1) is 15.6 Å². The number of rotatable bonds is 5. The summed E-state index contributed by atoms with van der Waals surface area (Å²) in [6, 6.07) is 7.32. The molecule has 9 heteroatoms. The van der Waals surface area contributed by atoms with Crippen molar-refractivity contribution in [2.75, 3.05) is 13.1 Å². The van der Waals surface area contributed by atoms with E-state index in [1.165, 1.54) is 0 Å². The van der Waals surface area contributed by atoms with Crippen molar-refractivity contribution in [3.05, 3.63) is 63.9 Å². The molecule has 2 N–H and O–H groups in total. The second kappa shape index (κ2) is 9.91. The van der Waals surface area contributed by atoms with E-state index in [4.69, 9.17) is 23.2 Å². The number of hydrogen-bond acceptors (Lipinski definition) is 4. The van der Waals surface area contributed by atoms with Gasteiger partial charge in [0.2, 0.25) is 5.91 Å². The van der Waals surface area contributed by atoms with E-state index in [0.29, 0.717) is 31.5 Å². The van der Waals surface area contributed by atoms with Crippen molar-refractivity contribution in [2.45, 2.75) is 31.8 Å². The lowest BCUT2D eigenvalue weighted by molar-refractivity contribution is -0.123. The number of halogens is 2. The molecule has 1 aromatic heterocycles. The van der Waals surface area contributed by atoms with Gasteiger partial charge in [-0.2, -0.15) is 0 Å². The van der Waals surface area contributed by atoms with Gasteiger partial charge in [0.25, 0.3) is 11.8 Å². The molecule has 2 heterocycles. The van der Waals surface area contributed by atoms with Crippen LogP contribution in [0, 0.1) is 0 Å². The summed E-state index contributed by atoms with van der Waals surface area (Å²) in [5, 5.41) is 6.00. The molecule has 1 aliphatic rings. The van der Waals surface area contributed by atoms with Crippen LogP contribution in [0.2, 0.25) is 10.0 Å². The molecular formula is C21H22Cl2N4O3. The first-order chi connectivity index (χ1) is 14.4. The summed E-state index contributed by atoms with van der Waals surface area (Å²) < 4.78 is 0. The Balaban J connectivity index is 1.49. The Morgan fingerprint density at radius 3 is 2.43 bits per heavy atom. The number of amides is 3. The van der Waals surface area contributed by atoms with Crippen molar-refractivity contribution in [1.82, 2.24) is 20.5 Å². The summed E-state index contributed by atoms with van der Waals surface area (Å²) in [7, 11) is 0. The Hall–Kier alpha value is -2.64. The molecule has 1 atom stereocenters. The predicted molar refractivity (Wildman–Crippen MR) is 115 cm³/mol. The molecule has 3 rings (SSSR count). The minimum atomic E-state index is -0.746. The van der Waals surface area contributed by atoms with E-state index in [0.717, 1.165) is 0 Å². The number of likely N-dealkylation sites (tertiary alicyclic amines) is 1. The zero-order valence-corrected chi connectivity index (χ0v) is 17.9. The third-order valence-corrected chi connectivity index (χ3v) is 5.81.